The number of carbonyl (C=O) groups is 2. The summed E-state index contributed by atoms with van der Waals surface area (Å²) in [6.07, 6.45) is 2.36. The number of hydrogen-bond donors (Lipinski definition) is 3. The van der Waals surface area contributed by atoms with Gasteiger partial charge in [-0.3, -0.25) is 9.59 Å². The lowest BCUT2D eigenvalue weighted by atomic mass is 10.1. The molecule has 1 fully saturated rings. The van der Waals surface area contributed by atoms with Gasteiger partial charge in [-0.05, 0) is 37.5 Å². The summed E-state index contributed by atoms with van der Waals surface area (Å²) in [4.78, 5) is 24.4. The van der Waals surface area contributed by atoms with Crippen molar-refractivity contribution in [3.05, 3.63) is 29.8 Å². The summed E-state index contributed by atoms with van der Waals surface area (Å²) < 4.78 is 0. The van der Waals surface area contributed by atoms with Crippen molar-refractivity contribution in [1.82, 2.24) is 10.6 Å². The number of rotatable bonds is 5. The van der Waals surface area contributed by atoms with Gasteiger partial charge in [0.25, 0.3) is 0 Å². The van der Waals surface area contributed by atoms with Crippen LogP contribution in [0.3, 0.4) is 0 Å². The third-order valence-electron chi connectivity index (χ3n) is 3.00. The van der Waals surface area contributed by atoms with Crippen LogP contribution in [0.15, 0.2) is 29.2 Å². The van der Waals surface area contributed by atoms with E-state index in [4.69, 9.17) is 0 Å². The van der Waals surface area contributed by atoms with Gasteiger partial charge in [0.05, 0.1) is 6.42 Å². The Morgan fingerprint density at radius 2 is 1.95 bits per heavy atom. The maximum Gasteiger partial charge on any atom is 0.242 e. The lowest BCUT2D eigenvalue weighted by Gasteiger charge is -2.13. The average Bonchev–Trinajstić information content (AvgIpc) is 3.16. The normalized spacial score (nSPS) is 15.7. The first kappa shape index (κ1) is 13.9. The minimum atomic E-state index is -0.489. The first-order valence-corrected chi connectivity index (χ1v) is 6.87. The summed E-state index contributed by atoms with van der Waals surface area (Å²) in [6, 6.07) is 7.23. The molecule has 102 valence electrons. The van der Waals surface area contributed by atoms with E-state index in [9.17, 15) is 9.59 Å². The minimum absolute atomic E-state index is 0.110. The van der Waals surface area contributed by atoms with Gasteiger partial charge in [0.2, 0.25) is 11.8 Å². The van der Waals surface area contributed by atoms with E-state index in [0.717, 1.165) is 23.3 Å². The molecular weight excluding hydrogens is 260 g/mol. The van der Waals surface area contributed by atoms with Crippen molar-refractivity contribution < 1.29 is 9.59 Å². The van der Waals surface area contributed by atoms with Crippen LogP contribution in [0.5, 0.6) is 0 Å². The van der Waals surface area contributed by atoms with Crippen LogP contribution < -0.4 is 10.6 Å². The second-order valence-corrected chi connectivity index (χ2v) is 5.43. The summed E-state index contributed by atoms with van der Waals surface area (Å²) in [5.74, 6) is -0.257. The summed E-state index contributed by atoms with van der Waals surface area (Å²) in [7, 11) is 0. The van der Waals surface area contributed by atoms with Gasteiger partial charge in [-0.25, -0.2) is 0 Å². The van der Waals surface area contributed by atoms with Gasteiger partial charge in [0.15, 0.2) is 0 Å². The molecule has 1 aliphatic rings. The Hall–Kier alpha value is -1.49. The zero-order valence-electron chi connectivity index (χ0n) is 10.8. The lowest BCUT2D eigenvalue weighted by Crippen LogP contribution is -2.45. The average molecular weight is 278 g/mol. The number of nitrogens with one attached hydrogen (secondary N) is 2. The maximum absolute atomic E-state index is 11.8. The molecule has 1 unspecified atom stereocenters. The molecule has 0 aliphatic heterocycles. The first-order valence-electron chi connectivity index (χ1n) is 6.42. The lowest BCUT2D eigenvalue weighted by molar-refractivity contribution is -0.128. The predicted octanol–water partition coefficient (Wildman–Crippen LogP) is 1.30. The fourth-order valence-corrected chi connectivity index (χ4v) is 1.86. The molecule has 1 aliphatic carbocycles. The third kappa shape index (κ3) is 4.59. The van der Waals surface area contributed by atoms with Crippen LogP contribution in [0.2, 0.25) is 0 Å². The summed E-state index contributed by atoms with van der Waals surface area (Å²) in [5, 5.41) is 5.57. The van der Waals surface area contributed by atoms with Crippen LogP contribution in [0.25, 0.3) is 0 Å². The van der Waals surface area contributed by atoms with E-state index >= 15 is 0 Å². The molecule has 1 aromatic rings. The minimum Gasteiger partial charge on any atom is -0.352 e. The first-order chi connectivity index (χ1) is 9.04. The molecule has 2 N–H and O–H groups in total. The molecular formula is C14H18N2O2S. The molecule has 19 heavy (non-hydrogen) atoms. The number of carbonyl (C=O) groups excluding carboxylic acids is 2. The van der Waals surface area contributed by atoms with Crippen LogP contribution >= 0.6 is 12.6 Å². The Balaban J connectivity index is 1.79. The maximum atomic E-state index is 11.8. The number of hydrogen-bond acceptors (Lipinski definition) is 3. The van der Waals surface area contributed by atoms with Gasteiger partial charge in [-0.15, -0.1) is 12.6 Å². The highest BCUT2D eigenvalue weighted by Crippen LogP contribution is 2.18. The van der Waals surface area contributed by atoms with Crippen LogP contribution in [0.4, 0.5) is 0 Å². The van der Waals surface area contributed by atoms with E-state index in [1.165, 1.54) is 0 Å². The molecule has 0 spiro atoms. The zero-order valence-corrected chi connectivity index (χ0v) is 11.7. The SMILES string of the molecule is CC(NC(=O)Cc1ccc(S)cc1)C(=O)NC1CC1. The van der Waals surface area contributed by atoms with Gasteiger partial charge in [-0.2, -0.15) is 0 Å². The third-order valence-corrected chi connectivity index (χ3v) is 3.29. The summed E-state index contributed by atoms with van der Waals surface area (Å²) in [5.41, 5.74) is 0.908. The summed E-state index contributed by atoms with van der Waals surface area (Å²) in [6.45, 7) is 1.70. The molecule has 1 aromatic carbocycles. The molecule has 1 atom stereocenters. The van der Waals surface area contributed by atoms with Gasteiger partial charge in [0, 0.05) is 10.9 Å². The zero-order chi connectivity index (χ0) is 13.8. The van der Waals surface area contributed by atoms with Crippen molar-refractivity contribution in [2.45, 2.75) is 43.2 Å². The Kier molecular flexibility index (Phi) is 4.47. The van der Waals surface area contributed by atoms with E-state index in [2.05, 4.69) is 23.3 Å². The van der Waals surface area contributed by atoms with Crippen molar-refractivity contribution in [1.29, 1.82) is 0 Å². The fraction of sp³-hybridized carbons (Fsp3) is 0.429. The molecule has 2 amide bonds. The van der Waals surface area contributed by atoms with Crippen LogP contribution in [-0.4, -0.2) is 23.9 Å². The molecule has 4 nitrogen and oxygen atoms in total. The topological polar surface area (TPSA) is 58.2 Å². The standard InChI is InChI=1S/C14H18N2O2S/c1-9(14(18)16-11-4-5-11)15-13(17)8-10-2-6-12(19)7-3-10/h2-3,6-7,9,11,19H,4-5,8H2,1H3,(H,15,17)(H,16,18). The quantitative estimate of drug-likeness (QED) is 0.711. The molecule has 0 radical (unpaired) electrons. The van der Waals surface area contributed by atoms with Gasteiger partial charge in [0.1, 0.15) is 6.04 Å². The van der Waals surface area contributed by atoms with Gasteiger partial charge < -0.3 is 10.6 Å². The van der Waals surface area contributed by atoms with Crippen molar-refractivity contribution in [2.24, 2.45) is 0 Å². The molecule has 0 aromatic heterocycles. The highest BCUT2D eigenvalue weighted by Gasteiger charge is 2.26. The second kappa shape index (κ2) is 6.10. The molecule has 2 rings (SSSR count). The monoisotopic (exact) mass is 278 g/mol. The van der Waals surface area contributed by atoms with E-state index in [-0.39, 0.29) is 18.2 Å². The Bertz CT molecular complexity index is 469. The number of benzene rings is 1. The summed E-state index contributed by atoms with van der Waals surface area (Å²) >= 11 is 4.19. The second-order valence-electron chi connectivity index (χ2n) is 4.92. The predicted molar refractivity (Wildman–Crippen MR) is 76.2 cm³/mol. The van der Waals surface area contributed by atoms with E-state index < -0.39 is 6.04 Å². The van der Waals surface area contributed by atoms with E-state index in [1.807, 2.05) is 24.3 Å². The molecule has 0 bridgehead atoms. The van der Waals surface area contributed by atoms with Crippen LogP contribution in [-0.2, 0) is 16.0 Å². The Labute approximate surface area is 118 Å². The van der Waals surface area contributed by atoms with Crippen LogP contribution in [0.1, 0.15) is 25.3 Å². The van der Waals surface area contributed by atoms with Crippen molar-refractivity contribution in [3.8, 4) is 0 Å². The molecule has 0 heterocycles. The van der Waals surface area contributed by atoms with Gasteiger partial charge in [-0.1, -0.05) is 12.1 Å². The molecule has 0 saturated heterocycles. The van der Waals surface area contributed by atoms with Crippen LogP contribution in [0, 0.1) is 0 Å². The highest BCUT2D eigenvalue weighted by atomic mass is 32.1. The van der Waals surface area contributed by atoms with E-state index in [1.54, 1.807) is 6.92 Å². The Morgan fingerprint density at radius 1 is 1.32 bits per heavy atom. The number of amides is 2. The molecule has 5 heteroatoms. The van der Waals surface area contributed by atoms with Crippen molar-refractivity contribution >= 4 is 24.4 Å². The fourth-order valence-electron chi connectivity index (χ4n) is 1.71. The van der Waals surface area contributed by atoms with Crippen molar-refractivity contribution in [2.75, 3.05) is 0 Å². The van der Waals surface area contributed by atoms with E-state index in [0.29, 0.717) is 6.04 Å². The number of thiol groups is 1. The van der Waals surface area contributed by atoms with Gasteiger partial charge >= 0.3 is 0 Å². The highest BCUT2D eigenvalue weighted by molar-refractivity contribution is 7.80. The largest absolute Gasteiger partial charge is 0.352 e. The molecule has 1 saturated carbocycles. The Morgan fingerprint density at radius 3 is 2.53 bits per heavy atom. The van der Waals surface area contributed by atoms with Crippen molar-refractivity contribution in [3.63, 3.8) is 0 Å². The smallest absolute Gasteiger partial charge is 0.242 e.